The van der Waals surface area contributed by atoms with Crippen LogP contribution in [0, 0.1) is 5.82 Å². The highest BCUT2D eigenvalue weighted by atomic mass is 19.4. The average Bonchev–Trinajstić information content (AvgIpc) is 2.63. The summed E-state index contributed by atoms with van der Waals surface area (Å²) in [6, 6.07) is 11.4. The van der Waals surface area contributed by atoms with Gasteiger partial charge in [-0.05, 0) is 29.8 Å². The third kappa shape index (κ3) is 5.53. The summed E-state index contributed by atoms with van der Waals surface area (Å²) >= 11 is 0. The highest BCUT2D eigenvalue weighted by molar-refractivity contribution is 5.93. The third-order valence-corrected chi connectivity index (χ3v) is 4.63. The molecule has 0 spiro atoms. The maximum absolute atomic E-state index is 13.3. The predicted molar refractivity (Wildman–Crippen MR) is 98.2 cm³/mol. The molecule has 1 saturated heterocycles. The number of hydrogen-bond donors (Lipinski definition) is 1. The minimum atomic E-state index is -4.52. The quantitative estimate of drug-likeness (QED) is 0.786. The van der Waals surface area contributed by atoms with Crippen molar-refractivity contribution < 1.29 is 22.4 Å². The van der Waals surface area contributed by atoms with Gasteiger partial charge in [0, 0.05) is 32.7 Å². The molecule has 0 aromatic heterocycles. The topological polar surface area (TPSA) is 35.6 Å². The summed E-state index contributed by atoms with van der Waals surface area (Å²) in [6.45, 7) is 3.27. The van der Waals surface area contributed by atoms with Gasteiger partial charge in [0.1, 0.15) is 5.82 Å². The van der Waals surface area contributed by atoms with Crippen molar-refractivity contribution in [2.75, 3.05) is 38.0 Å². The van der Waals surface area contributed by atoms with Crippen LogP contribution in [0.15, 0.2) is 48.5 Å². The molecule has 1 heterocycles. The van der Waals surface area contributed by atoms with E-state index in [1.807, 2.05) is 11.0 Å². The minimum Gasteiger partial charge on any atom is -0.324 e. The molecule has 150 valence electrons. The van der Waals surface area contributed by atoms with Gasteiger partial charge in [0.15, 0.2) is 0 Å². The second-order valence-electron chi connectivity index (χ2n) is 6.77. The van der Waals surface area contributed by atoms with Crippen LogP contribution in [0.5, 0.6) is 0 Å². The molecule has 28 heavy (non-hydrogen) atoms. The van der Waals surface area contributed by atoms with Gasteiger partial charge in [-0.3, -0.25) is 14.6 Å². The molecule has 1 aliphatic heterocycles. The summed E-state index contributed by atoms with van der Waals surface area (Å²) in [5.41, 5.74) is -0.206. The molecule has 4 nitrogen and oxygen atoms in total. The summed E-state index contributed by atoms with van der Waals surface area (Å²) in [6.07, 6.45) is -4.52. The first-order valence-electron chi connectivity index (χ1n) is 8.96. The normalized spacial score (nSPS) is 16.1. The molecule has 0 radical (unpaired) electrons. The van der Waals surface area contributed by atoms with Gasteiger partial charge in [0.05, 0.1) is 17.8 Å². The number of nitrogens with zero attached hydrogens (tertiary/aromatic N) is 2. The molecular formula is C20H21F4N3O. The minimum absolute atomic E-state index is 0.0278. The Balaban J connectivity index is 1.49. The Hall–Kier alpha value is -2.45. The summed E-state index contributed by atoms with van der Waals surface area (Å²) in [7, 11) is 0. The number of piperazine rings is 1. The first-order valence-corrected chi connectivity index (χ1v) is 8.96. The summed E-state index contributed by atoms with van der Waals surface area (Å²) < 4.78 is 52.3. The van der Waals surface area contributed by atoms with Gasteiger partial charge in [-0.15, -0.1) is 0 Å². The van der Waals surface area contributed by atoms with Gasteiger partial charge in [0.25, 0.3) is 0 Å². The highest BCUT2D eigenvalue weighted by Crippen LogP contribution is 2.34. The van der Waals surface area contributed by atoms with Crippen molar-refractivity contribution in [1.29, 1.82) is 0 Å². The van der Waals surface area contributed by atoms with Crippen LogP contribution in [0.1, 0.15) is 11.1 Å². The Kier molecular flexibility index (Phi) is 6.31. The van der Waals surface area contributed by atoms with Crippen molar-refractivity contribution >= 4 is 11.6 Å². The third-order valence-electron chi connectivity index (χ3n) is 4.63. The molecule has 3 rings (SSSR count). The molecule has 0 saturated carbocycles. The fourth-order valence-electron chi connectivity index (χ4n) is 3.23. The lowest BCUT2D eigenvalue weighted by Gasteiger charge is -2.34. The number of alkyl halides is 3. The first kappa shape index (κ1) is 20.3. The number of benzene rings is 2. The molecule has 1 amide bonds. The fraction of sp³-hybridized carbons (Fsp3) is 0.350. The van der Waals surface area contributed by atoms with Crippen LogP contribution in [-0.2, 0) is 17.5 Å². The largest absolute Gasteiger partial charge is 0.418 e. The van der Waals surface area contributed by atoms with E-state index in [0.717, 1.165) is 11.6 Å². The monoisotopic (exact) mass is 395 g/mol. The molecular weight excluding hydrogens is 374 g/mol. The number of carbonyl (C=O) groups is 1. The molecule has 1 N–H and O–H groups in total. The Morgan fingerprint density at radius 1 is 0.964 bits per heavy atom. The van der Waals surface area contributed by atoms with E-state index in [2.05, 4.69) is 10.2 Å². The average molecular weight is 395 g/mol. The number of nitrogens with one attached hydrogen (secondary N) is 1. The van der Waals surface area contributed by atoms with Crippen molar-refractivity contribution in [2.24, 2.45) is 0 Å². The number of rotatable bonds is 5. The smallest absolute Gasteiger partial charge is 0.324 e. The molecule has 1 aliphatic rings. The second kappa shape index (κ2) is 8.70. The Bertz CT molecular complexity index is 817. The molecule has 0 aliphatic carbocycles. The van der Waals surface area contributed by atoms with Crippen LogP contribution >= 0.6 is 0 Å². The zero-order valence-corrected chi connectivity index (χ0v) is 15.2. The van der Waals surface area contributed by atoms with Gasteiger partial charge >= 0.3 is 6.18 Å². The standard InChI is InChI=1S/C20H21F4N3O/c21-16-5-3-4-15(12-16)13-26-8-10-27(11-9-26)14-19(28)25-18-7-2-1-6-17(18)20(22,23)24/h1-7,12H,8-11,13-14H2,(H,25,28). The van der Waals surface area contributed by atoms with E-state index >= 15 is 0 Å². The number of carbonyl (C=O) groups excluding carboxylic acids is 1. The van der Waals surface area contributed by atoms with Gasteiger partial charge in [-0.25, -0.2) is 4.39 Å². The zero-order valence-electron chi connectivity index (χ0n) is 15.2. The first-order chi connectivity index (χ1) is 13.3. The lowest BCUT2D eigenvalue weighted by molar-refractivity contribution is -0.137. The summed E-state index contributed by atoms with van der Waals surface area (Å²) in [5.74, 6) is -0.748. The maximum atomic E-state index is 13.3. The Labute approximate surface area is 160 Å². The van der Waals surface area contributed by atoms with Gasteiger partial charge < -0.3 is 5.32 Å². The van der Waals surface area contributed by atoms with Crippen molar-refractivity contribution in [3.05, 3.63) is 65.5 Å². The number of para-hydroxylation sites is 1. The number of halogens is 4. The van der Waals surface area contributed by atoms with E-state index in [4.69, 9.17) is 0 Å². The van der Waals surface area contributed by atoms with Crippen LogP contribution in [-0.4, -0.2) is 48.4 Å². The van der Waals surface area contributed by atoms with E-state index in [1.165, 1.54) is 30.3 Å². The van der Waals surface area contributed by atoms with E-state index in [0.29, 0.717) is 32.7 Å². The van der Waals surface area contributed by atoms with Gasteiger partial charge in [-0.2, -0.15) is 13.2 Å². The van der Waals surface area contributed by atoms with Crippen LogP contribution in [0.2, 0.25) is 0 Å². The number of anilines is 1. The molecule has 2 aromatic carbocycles. The SMILES string of the molecule is O=C(CN1CCN(Cc2cccc(F)c2)CC1)Nc1ccccc1C(F)(F)F. The molecule has 0 atom stereocenters. The molecule has 8 heteroatoms. The van der Waals surface area contributed by atoms with Crippen molar-refractivity contribution in [3.8, 4) is 0 Å². The van der Waals surface area contributed by atoms with Crippen LogP contribution in [0.4, 0.5) is 23.2 Å². The lowest BCUT2D eigenvalue weighted by atomic mass is 10.1. The van der Waals surface area contributed by atoms with Crippen molar-refractivity contribution in [3.63, 3.8) is 0 Å². The Morgan fingerprint density at radius 3 is 2.32 bits per heavy atom. The van der Waals surface area contributed by atoms with Crippen LogP contribution < -0.4 is 5.32 Å². The van der Waals surface area contributed by atoms with Gasteiger partial charge in [0.2, 0.25) is 5.91 Å². The van der Waals surface area contributed by atoms with E-state index in [-0.39, 0.29) is 18.0 Å². The highest BCUT2D eigenvalue weighted by Gasteiger charge is 2.33. The predicted octanol–water partition coefficient (Wildman–Crippen LogP) is 3.60. The van der Waals surface area contributed by atoms with Gasteiger partial charge in [-0.1, -0.05) is 24.3 Å². The summed E-state index contributed by atoms with van der Waals surface area (Å²) in [4.78, 5) is 16.2. The van der Waals surface area contributed by atoms with Crippen LogP contribution in [0.25, 0.3) is 0 Å². The maximum Gasteiger partial charge on any atom is 0.418 e. The van der Waals surface area contributed by atoms with Crippen molar-refractivity contribution in [2.45, 2.75) is 12.7 Å². The van der Waals surface area contributed by atoms with Crippen molar-refractivity contribution in [1.82, 2.24) is 9.80 Å². The lowest BCUT2D eigenvalue weighted by Crippen LogP contribution is -2.48. The molecule has 1 fully saturated rings. The Morgan fingerprint density at radius 2 is 1.64 bits per heavy atom. The number of hydrogen-bond acceptors (Lipinski definition) is 3. The molecule has 2 aromatic rings. The number of amides is 1. The fourth-order valence-corrected chi connectivity index (χ4v) is 3.23. The molecule has 0 unspecified atom stereocenters. The second-order valence-corrected chi connectivity index (χ2v) is 6.77. The van der Waals surface area contributed by atoms with E-state index in [9.17, 15) is 22.4 Å². The molecule has 0 bridgehead atoms. The van der Waals surface area contributed by atoms with Crippen LogP contribution in [0.3, 0.4) is 0 Å². The zero-order chi connectivity index (χ0) is 20.1. The van der Waals surface area contributed by atoms with E-state index < -0.39 is 17.6 Å². The van der Waals surface area contributed by atoms with E-state index in [1.54, 1.807) is 6.07 Å². The summed E-state index contributed by atoms with van der Waals surface area (Å²) in [5, 5.41) is 2.37.